The van der Waals surface area contributed by atoms with Crippen LogP contribution in [0.5, 0.6) is 0 Å². The summed E-state index contributed by atoms with van der Waals surface area (Å²) in [5.74, 6) is -0.105. The summed E-state index contributed by atoms with van der Waals surface area (Å²) in [4.78, 5) is 11.4. The number of ether oxygens (including phenoxy) is 1. The number of methoxy groups -OCH3 is 1. The molecule has 0 radical (unpaired) electrons. The van der Waals surface area contributed by atoms with E-state index >= 15 is 0 Å². The summed E-state index contributed by atoms with van der Waals surface area (Å²) in [6, 6.07) is 0. The van der Waals surface area contributed by atoms with Crippen molar-refractivity contribution in [2.45, 2.75) is 32.2 Å². The first kappa shape index (κ1) is 12.4. The van der Waals surface area contributed by atoms with E-state index in [9.17, 15) is 4.79 Å². The molecule has 0 aliphatic carbocycles. The number of nitrogens with two attached hydrogens (primary N) is 1. The highest BCUT2D eigenvalue weighted by Crippen LogP contribution is 2.07. The van der Waals surface area contributed by atoms with Crippen LogP contribution in [0.4, 0.5) is 0 Å². The Morgan fingerprint density at radius 2 is 2.23 bits per heavy atom. The monoisotopic (exact) mass is 188 g/mol. The molecule has 78 valence electrons. The molecule has 4 nitrogen and oxygen atoms in total. The second-order valence-corrected chi connectivity index (χ2v) is 3.42. The highest BCUT2D eigenvalue weighted by atomic mass is 16.5. The second kappa shape index (κ2) is 5.94. The first-order valence-corrected chi connectivity index (χ1v) is 4.60. The van der Waals surface area contributed by atoms with E-state index < -0.39 is 5.54 Å². The van der Waals surface area contributed by atoms with Crippen LogP contribution in [0.15, 0.2) is 0 Å². The van der Waals surface area contributed by atoms with Gasteiger partial charge in [0, 0.05) is 13.7 Å². The van der Waals surface area contributed by atoms with Crippen molar-refractivity contribution in [3.05, 3.63) is 0 Å². The van der Waals surface area contributed by atoms with Gasteiger partial charge in [-0.25, -0.2) is 0 Å². The summed E-state index contributed by atoms with van der Waals surface area (Å²) in [7, 11) is 1.60. The van der Waals surface area contributed by atoms with Crippen molar-refractivity contribution in [1.82, 2.24) is 5.32 Å². The van der Waals surface area contributed by atoms with Crippen LogP contribution in [-0.4, -0.2) is 31.7 Å². The van der Waals surface area contributed by atoms with Gasteiger partial charge in [-0.2, -0.15) is 0 Å². The van der Waals surface area contributed by atoms with E-state index in [1.165, 1.54) is 0 Å². The average Bonchev–Trinajstić information content (AvgIpc) is 2.04. The molecule has 0 fully saturated rings. The number of hydrogen-bond donors (Lipinski definition) is 2. The van der Waals surface area contributed by atoms with Gasteiger partial charge in [-0.15, -0.1) is 0 Å². The van der Waals surface area contributed by atoms with Gasteiger partial charge in [0.05, 0.1) is 12.1 Å². The fourth-order valence-corrected chi connectivity index (χ4v) is 1.10. The summed E-state index contributed by atoms with van der Waals surface area (Å²) in [6.45, 7) is 4.80. The van der Waals surface area contributed by atoms with Crippen LogP contribution in [-0.2, 0) is 9.53 Å². The molecule has 1 amide bonds. The van der Waals surface area contributed by atoms with Gasteiger partial charge in [-0.3, -0.25) is 4.79 Å². The van der Waals surface area contributed by atoms with E-state index in [1.54, 1.807) is 14.0 Å². The lowest BCUT2D eigenvalue weighted by molar-refractivity contribution is -0.126. The first-order chi connectivity index (χ1) is 6.04. The van der Waals surface area contributed by atoms with Crippen molar-refractivity contribution in [2.75, 3.05) is 20.3 Å². The third kappa shape index (κ3) is 4.85. The normalized spacial score (nSPS) is 15.1. The zero-order valence-electron chi connectivity index (χ0n) is 8.72. The quantitative estimate of drug-likeness (QED) is 0.588. The average molecular weight is 188 g/mol. The molecule has 3 N–H and O–H groups in total. The Balaban J connectivity index is 3.80. The standard InChI is InChI=1S/C9H20N2O2/c1-4-5-9(2,10)8(12)11-6-7-13-3/h4-7,10H2,1-3H3,(H,11,12). The van der Waals surface area contributed by atoms with Crippen molar-refractivity contribution < 1.29 is 9.53 Å². The molecule has 0 saturated carbocycles. The molecule has 0 aromatic carbocycles. The summed E-state index contributed by atoms with van der Waals surface area (Å²) in [6.07, 6.45) is 1.61. The van der Waals surface area contributed by atoms with Crippen LogP contribution in [0.3, 0.4) is 0 Å². The summed E-state index contributed by atoms with van der Waals surface area (Å²) in [5.41, 5.74) is 5.05. The maximum absolute atomic E-state index is 11.4. The Labute approximate surface area is 79.8 Å². The molecule has 4 heteroatoms. The van der Waals surface area contributed by atoms with Crippen LogP contribution in [0.2, 0.25) is 0 Å². The number of carbonyl (C=O) groups excluding carboxylic acids is 1. The summed E-state index contributed by atoms with van der Waals surface area (Å²) in [5, 5.41) is 2.72. The molecule has 0 heterocycles. The smallest absolute Gasteiger partial charge is 0.239 e. The van der Waals surface area contributed by atoms with Crippen molar-refractivity contribution >= 4 is 5.91 Å². The van der Waals surface area contributed by atoms with E-state index in [2.05, 4.69) is 5.32 Å². The van der Waals surface area contributed by atoms with E-state index in [4.69, 9.17) is 10.5 Å². The SMILES string of the molecule is CCCC(C)(N)C(=O)NCCOC. The van der Waals surface area contributed by atoms with Gasteiger partial charge in [0.2, 0.25) is 5.91 Å². The van der Waals surface area contributed by atoms with Gasteiger partial charge in [0.1, 0.15) is 0 Å². The number of carbonyl (C=O) groups is 1. The molecule has 0 aliphatic heterocycles. The third-order valence-electron chi connectivity index (χ3n) is 1.88. The van der Waals surface area contributed by atoms with Gasteiger partial charge in [0.25, 0.3) is 0 Å². The predicted molar refractivity (Wildman–Crippen MR) is 52.4 cm³/mol. The fraction of sp³-hybridized carbons (Fsp3) is 0.889. The molecule has 1 atom stereocenters. The van der Waals surface area contributed by atoms with E-state index in [-0.39, 0.29) is 5.91 Å². The van der Waals surface area contributed by atoms with Gasteiger partial charge >= 0.3 is 0 Å². The molecule has 0 aliphatic rings. The molecule has 0 saturated heterocycles. The van der Waals surface area contributed by atoms with Crippen molar-refractivity contribution in [3.63, 3.8) is 0 Å². The van der Waals surface area contributed by atoms with E-state index in [1.807, 2.05) is 6.92 Å². The number of hydrogen-bond acceptors (Lipinski definition) is 3. The number of rotatable bonds is 6. The molecule has 0 aromatic rings. The minimum Gasteiger partial charge on any atom is -0.383 e. The molecule has 0 bridgehead atoms. The maximum Gasteiger partial charge on any atom is 0.239 e. The Morgan fingerprint density at radius 3 is 2.69 bits per heavy atom. The van der Waals surface area contributed by atoms with Crippen molar-refractivity contribution in [2.24, 2.45) is 5.73 Å². The van der Waals surface area contributed by atoms with Gasteiger partial charge in [0.15, 0.2) is 0 Å². The molecule has 0 aromatic heterocycles. The van der Waals surface area contributed by atoms with Gasteiger partial charge in [-0.1, -0.05) is 13.3 Å². The highest BCUT2D eigenvalue weighted by Gasteiger charge is 2.26. The zero-order chi connectivity index (χ0) is 10.3. The van der Waals surface area contributed by atoms with Crippen LogP contribution in [0.25, 0.3) is 0 Å². The molecular formula is C9H20N2O2. The second-order valence-electron chi connectivity index (χ2n) is 3.42. The van der Waals surface area contributed by atoms with Crippen molar-refractivity contribution in [3.8, 4) is 0 Å². The topological polar surface area (TPSA) is 64.4 Å². The Bertz CT molecular complexity index is 158. The van der Waals surface area contributed by atoms with Crippen LogP contribution in [0.1, 0.15) is 26.7 Å². The van der Waals surface area contributed by atoms with Crippen molar-refractivity contribution in [1.29, 1.82) is 0 Å². The lowest BCUT2D eigenvalue weighted by atomic mass is 9.97. The van der Waals surface area contributed by atoms with Crippen LogP contribution in [0, 0.1) is 0 Å². The molecule has 1 unspecified atom stereocenters. The lowest BCUT2D eigenvalue weighted by Gasteiger charge is -2.22. The third-order valence-corrected chi connectivity index (χ3v) is 1.88. The van der Waals surface area contributed by atoms with Gasteiger partial charge < -0.3 is 15.8 Å². The zero-order valence-corrected chi connectivity index (χ0v) is 8.72. The Morgan fingerprint density at radius 1 is 1.62 bits per heavy atom. The number of amides is 1. The predicted octanol–water partition coefficient (Wildman–Crippen LogP) is 0.267. The Kier molecular flexibility index (Phi) is 5.66. The molecule has 0 spiro atoms. The minimum absolute atomic E-state index is 0.105. The summed E-state index contributed by atoms with van der Waals surface area (Å²) >= 11 is 0. The van der Waals surface area contributed by atoms with Crippen LogP contribution < -0.4 is 11.1 Å². The highest BCUT2D eigenvalue weighted by molar-refractivity contribution is 5.85. The Hall–Kier alpha value is -0.610. The van der Waals surface area contributed by atoms with E-state index in [0.717, 1.165) is 6.42 Å². The first-order valence-electron chi connectivity index (χ1n) is 4.60. The van der Waals surface area contributed by atoms with E-state index in [0.29, 0.717) is 19.6 Å². The fourth-order valence-electron chi connectivity index (χ4n) is 1.10. The molecular weight excluding hydrogens is 168 g/mol. The van der Waals surface area contributed by atoms with Crippen LogP contribution >= 0.6 is 0 Å². The lowest BCUT2D eigenvalue weighted by Crippen LogP contribution is -2.52. The maximum atomic E-state index is 11.4. The van der Waals surface area contributed by atoms with Gasteiger partial charge in [-0.05, 0) is 13.3 Å². The largest absolute Gasteiger partial charge is 0.383 e. The number of nitrogens with one attached hydrogen (secondary N) is 1. The minimum atomic E-state index is -0.748. The summed E-state index contributed by atoms with van der Waals surface area (Å²) < 4.78 is 4.81. The molecule has 13 heavy (non-hydrogen) atoms. The molecule has 0 rings (SSSR count).